The predicted molar refractivity (Wildman–Crippen MR) is 118 cm³/mol. The molecular weight excluding hydrogens is 314 g/mol. The maximum absolute atomic E-state index is 4.85. The van der Waals surface area contributed by atoms with Crippen LogP contribution >= 0.6 is 0 Å². The summed E-state index contributed by atoms with van der Waals surface area (Å²) in [6.45, 7) is 14.4. The van der Waals surface area contributed by atoms with Crippen molar-refractivity contribution in [1.82, 2.24) is 4.98 Å². The SMILES string of the molecule is CC.CC.CCC.CCc1nc2ccccc2c2c1Cc1ccccc1-2. The smallest absolute Gasteiger partial charge is 0.0711 e. The molecule has 0 saturated carbocycles. The van der Waals surface area contributed by atoms with Crippen molar-refractivity contribution >= 4 is 10.9 Å². The second-order valence-corrected chi connectivity index (χ2v) is 5.82. The number of nitrogens with zero attached hydrogens (tertiary/aromatic N) is 1. The van der Waals surface area contributed by atoms with E-state index in [1.807, 2.05) is 27.7 Å². The molecule has 1 aliphatic carbocycles. The van der Waals surface area contributed by atoms with E-state index in [1.165, 1.54) is 39.8 Å². The Kier molecular flexibility index (Phi) is 9.65. The van der Waals surface area contributed by atoms with Crippen LogP contribution in [0.1, 0.15) is 71.7 Å². The van der Waals surface area contributed by atoms with Crippen molar-refractivity contribution in [1.29, 1.82) is 0 Å². The molecule has 1 aromatic heterocycles. The fourth-order valence-electron chi connectivity index (χ4n) is 3.20. The molecule has 1 nitrogen and oxygen atoms in total. The number of aromatic nitrogens is 1. The van der Waals surface area contributed by atoms with E-state index in [1.54, 1.807) is 0 Å². The average Bonchev–Trinajstić information content (AvgIpc) is 3.11. The summed E-state index contributed by atoms with van der Waals surface area (Å²) < 4.78 is 0. The van der Waals surface area contributed by atoms with Gasteiger partial charge in [0.1, 0.15) is 0 Å². The average molecular weight is 350 g/mol. The standard InChI is InChI=1S/C18H15N.C3H8.2C2H6/c1-2-16-15-11-12-7-3-4-8-13(12)18(15)14-9-5-6-10-17(14)19-16;1-3-2;2*1-2/h3-10H,2,11H2,1H3;3H2,1-2H3;2*1-2H3. The van der Waals surface area contributed by atoms with Crippen molar-refractivity contribution in [2.75, 3.05) is 0 Å². The van der Waals surface area contributed by atoms with Crippen molar-refractivity contribution in [2.45, 2.75) is 67.7 Å². The maximum atomic E-state index is 4.85. The highest BCUT2D eigenvalue weighted by Crippen LogP contribution is 2.42. The number of para-hydroxylation sites is 1. The molecule has 1 aliphatic rings. The Labute approximate surface area is 160 Å². The molecule has 0 aliphatic heterocycles. The molecule has 0 atom stereocenters. The summed E-state index contributed by atoms with van der Waals surface area (Å²) >= 11 is 0. The molecule has 1 heterocycles. The zero-order chi connectivity index (χ0) is 19.5. The Morgan fingerprint density at radius 1 is 0.808 bits per heavy atom. The van der Waals surface area contributed by atoms with Gasteiger partial charge in [-0.1, -0.05) is 97.4 Å². The zero-order valence-corrected chi connectivity index (χ0v) is 17.7. The summed E-state index contributed by atoms with van der Waals surface area (Å²) in [6.07, 6.45) is 3.29. The Balaban J connectivity index is 0.000000431. The molecule has 0 N–H and O–H groups in total. The molecule has 0 fully saturated rings. The molecule has 2 aromatic carbocycles. The molecule has 0 radical (unpaired) electrons. The molecule has 3 aromatic rings. The fraction of sp³-hybridized carbons (Fsp3) is 0.400. The first-order valence-electron chi connectivity index (χ1n) is 10.3. The first-order chi connectivity index (χ1) is 12.8. The summed E-state index contributed by atoms with van der Waals surface area (Å²) in [5.41, 5.74) is 8.05. The third kappa shape index (κ3) is 4.52. The van der Waals surface area contributed by atoms with Crippen LogP contribution in [0.15, 0.2) is 48.5 Å². The summed E-state index contributed by atoms with van der Waals surface area (Å²) in [5, 5.41) is 1.29. The van der Waals surface area contributed by atoms with Crippen LogP contribution in [0.25, 0.3) is 22.0 Å². The lowest BCUT2D eigenvalue weighted by molar-refractivity contribution is 1.01. The van der Waals surface area contributed by atoms with Gasteiger partial charge in [-0.25, -0.2) is 0 Å². The van der Waals surface area contributed by atoms with Gasteiger partial charge in [0, 0.05) is 17.5 Å². The normalized spacial score (nSPS) is 10.3. The highest BCUT2D eigenvalue weighted by molar-refractivity contribution is 5.99. The van der Waals surface area contributed by atoms with Crippen LogP contribution in [0.5, 0.6) is 0 Å². The summed E-state index contributed by atoms with van der Waals surface area (Å²) in [5.74, 6) is 0. The molecule has 26 heavy (non-hydrogen) atoms. The second kappa shape index (κ2) is 11.5. The minimum atomic E-state index is 1.00. The molecule has 0 bridgehead atoms. The third-order valence-corrected chi connectivity index (χ3v) is 4.07. The number of hydrogen-bond acceptors (Lipinski definition) is 1. The third-order valence-electron chi connectivity index (χ3n) is 4.07. The minimum absolute atomic E-state index is 1.00. The molecule has 140 valence electrons. The Morgan fingerprint density at radius 2 is 1.38 bits per heavy atom. The number of hydrogen-bond donors (Lipinski definition) is 0. The lowest BCUT2D eigenvalue weighted by Gasteiger charge is -2.10. The van der Waals surface area contributed by atoms with E-state index in [-0.39, 0.29) is 0 Å². The van der Waals surface area contributed by atoms with E-state index < -0.39 is 0 Å². The van der Waals surface area contributed by atoms with Crippen molar-refractivity contribution in [3.05, 3.63) is 65.4 Å². The predicted octanol–water partition coefficient (Wildman–Crippen LogP) is 7.84. The van der Waals surface area contributed by atoms with Gasteiger partial charge in [-0.3, -0.25) is 4.98 Å². The molecule has 1 heteroatoms. The molecule has 0 amide bonds. The van der Waals surface area contributed by atoms with Crippen LogP contribution in [0.3, 0.4) is 0 Å². The van der Waals surface area contributed by atoms with Gasteiger partial charge in [0.15, 0.2) is 0 Å². The number of rotatable bonds is 1. The first kappa shape index (κ1) is 21.9. The summed E-state index contributed by atoms with van der Waals surface area (Å²) in [7, 11) is 0. The van der Waals surface area contributed by atoms with E-state index in [0.717, 1.165) is 18.4 Å². The van der Waals surface area contributed by atoms with Crippen LogP contribution in [-0.2, 0) is 12.8 Å². The van der Waals surface area contributed by atoms with Gasteiger partial charge in [-0.05, 0) is 34.7 Å². The van der Waals surface area contributed by atoms with E-state index in [4.69, 9.17) is 4.98 Å². The van der Waals surface area contributed by atoms with Crippen LogP contribution in [0.2, 0.25) is 0 Å². The van der Waals surface area contributed by atoms with Gasteiger partial charge in [-0.2, -0.15) is 0 Å². The second-order valence-electron chi connectivity index (χ2n) is 5.82. The largest absolute Gasteiger partial charge is 0.253 e. The lowest BCUT2D eigenvalue weighted by Crippen LogP contribution is -1.96. The van der Waals surface area contributed by atoms with Gasteiger partial charge < -0.3 is 0 Å². The van der Waals surface area contributed by atoms with Gasteiger partial charge >= 0.3 is 0 Å². The van der Waals surface area contributed by atoms with Gasteiger partial charge in [0.25, 0.3) is 0 Å². The Hall–Kier alpha value is -2.15. The number of benzene rings is 2. The minimum Gasteiger partial charge on any atom is -0.253 e. The quantitative estimate of drug-likeness (QED) is 0.341. The maximum Gasteiger partial charge on any atom is 0.0711 e. The molecular formula is C25H35N. The van der Waals surface area contributed by atoms with Crippen LogP contribution in [0.4, 0.5) is 0 Å². The summed E-state index contributed by atoms with van der Waals surface area (Å²) in [4.78, 5) is 4.85. The molecule has 0 saturated heterocycles. The van der Waals surface area contributed by atoms with E-state index in [9.17, 15) is 0 Å². The molecule has 4 rings (SSSR count). The molecule has 0 spiro atoms. The number of fused-ring (bicyclic) bond motifs is 5. The van der Waals surface area contributed by atoms with Crippen LogP contribution in [-0.4, -0.2) is 4.98 Å². The topological polar surface area (TPSA) is 12.9 Å². The van der Waals surface area contributed by atoms with Crippen LogP contribution in [0, 0.1) is 0 Å². The van der Waals surface area contributed by atoms with Crippen molar-refractivity contribution in [3.8, 4) is 11.1 Å². The Bertz CT molecular complexity index is 802. The van der Waals surface area contributed by atoms with Crippen molar-refractivity contribution < 1.29 is 0 Å². The van der Waals surface area contributed by atoms with E-state index >= 15 is 0 Å². The van der Waals surface area contributed by atoms with Gasteiger partial charge in [-0.15, -0.1) is 0 Å². The van der Waals surface area contributed by atoms with E-state index in [2.05, 4.69) is 69.3 Å². The fourth-order valence-corrected chi connectivity index (χ4v) is 3.20. The highest BCUT2D eigenvalue weighted by atomic mass is 14.7. The van der Waals surface area contributed by atoms with Gasteiger partial charge in [0.05, 0.1) is 5.52 Å². The van der Waals surface area contributed by atoms with Crippen molar-refractivity contribution in [2.24, 2.45) is 0 Å². The summed E-state index contributed by atoms with van der Waals surface area (Å²) in [6, 6.07) is 17.2. The molecule has 0 unspecified atom stereocenters. The Morgan fingerprint density at radius 3 is 2.04 bits per heavy atom. The van der Waals surface area contributed by atoms with Crippen molar-refractivity contribution in [3.63, 3.8) is 0 Å². The van der Waals surface area contributed by atoms with Crippen LogP contribution < -0.4 is 0 Å². The van der Waals surface area contributed by atoms with E-state index in [0.29, 0.717) is 0 Å². The number of pyridine rings is 1. The van der Waals surface area contributed by atoms with Gasteiger partial charge in [0.2, 0.25) is 0 Å². The lowest BCUT2D eigenvalue weighted by atomic mass is 9.99. The first-order valence-corrected chi connectivity index (χ1v) is 10.3. The number of aryl methyl sites for hydroxylation is 1. The zero-order valence-electron chi connectivity index (χ0n) is 17.7. The monoisotopic (exact) mass is 349 g/mol. The highest BCUT2D eigenvalue weighted by Gasteiger charge is 2.23.